The maximum Gasteiger partial charge on any atom is 0.259 e. The lowest BCUT2D eigenvalue weighted by Crippen LogP contribution is -2.44. The summed E-state index contributed by atoms with van der Waals surface area (Å²) in [5, 5.41) is 0.0932. The fourth-order valence-corrected chi connectivity index (χ4v) is 3.85. The van der Waals surface area contributed by atoms with E-state index in [-0.39, 0.29) is 29.4 Å². The standard InChI is InChI=1S/C12H22N4O2S.ClH/c1-2-16-8-12(14-9-16)19(17,18)15-11-6-4-3-5-10(11)7-13;/h8-11,15H,2-7,13H2,1H3;1H. The fraction of sp³-hybridized carbons (Fsp3) is 0.750. The van der Waals surface area contributed by atoms with Crippen LogP contribution in [0.25, 0.3) is 0 Å². The van der Waals surface area contributed by atoms with Crippen molar-refractivity contribution in [1.82, 2.24) is 14.3 Å². The van der Waals surface area contributed by atoms with Crippen LogP contribution in [0.15, 0.2) is 17.6 Å². The Kier molecular flexibility index (Phi) is 6.44. The van der Waals surface area contributed by atoms with Gasteiger partial charge in [-0.25, -0.2) is 18.1 Å². The van der Waals surface area contributed by atoms with E-state index in [0.29, 0.717) is 13.1 Å². The SMILES string of the molecule is CCn1cnc(S(=O)(=O)NC2CCCCC2CN)c1.Cl. The molecule has 1 aliphatic carbocycles. The zero-order chi connectivity index (χ0) is 13.9. The van der Waals surface area contributed by atoms with Crippen LogP contribution in [-0.2, 0) is 16.6 Å². The Morgan fingerprint density at radius 3 is 2.75 bits per heavy atom. The van der Waals surface area contributed by atoms with Crippen molar-refractivity contribution in [3.63, 3.8) is 0 Å². The zero-order valence-electron chi connectivity index (χ0n) is 11.7. The lowest BCUT2D eigenvalue weighted by Gasteiger charge is -2.30. The first-order valence-corrected chi connectivity index (χ1v) is 8.29. The second-order valence-corrected chi connectivity index (χ2v) is 6.71. The van der Waals surface area contributed by atoms with Gasteiger partial charge in [0.25, 0.3) is 10.0 Å². The molecule has 0 bridgehead atoms. The molecule has 0 saturated heterocycles. The molecule has 6 nitrogen and oxygen atoms in total. The van der Waals surface area contributed by atoms with Crippen molar-refractivity contribution in [3.05, 3.63) is 12.5 Å². The minimum Gasteiger partial charge on any atom is -0.336 e. The van der Waals surface area contributed by atoms with Crippen LogP contribution in [0.1, 0.15) is 32.6 Å². The predicted molar refractivity (Wildman–Crippen MR) is 80.3 cm³/mol. The molecular weight excluding hydrogens is 300 g/mol. The van der Waals surface area contributed by atoms with Crippen molar-refractivity contribution >= 4 is 22.4 Å². The molecule has 2 unspecified atom stereocenters. The van der Waals surface area contributed by atoms with Gasteiger partial charge in [-0.1, -0.05) is 12.8 Å². The van der Waals surface area contributed by atoms with Crippen LogP contribution < -0.4 is 10.5 Å². The highest BCUT2D eigenvalue weighted by molar-refractivity contribution is 7.89. The van der Waals surface area contributed by atoms with Crippen molar-refractivity contribution in [3.8, 4) is 0 Å². The molecule has 1 heterocycles. The summed E-state index contributed by atoms with van der Waals surface area (Å²) in [7, 11) is -3.53. The number of aryl methyl sites for hydroxylation is 1. The van der Waals surface area contributed by atoms with Gasteiger partial charge in [-0.3, -0.25) is 0 Å². The molecule has 8 heteroatoms. The Hall–Kier alpha value is -0.630. The summed E-state index contributed by atoms with van der Waals surface area (Å²) in [5.41, 5.74) is 5.72. The molecule has 0 aliphatic heterocycles. The molecule has 1 saturated carbocycles. The lowest BCUT2D eigenvalue weighted by molar-refractivity contribution is 0.296. The zero-order valence-corrected chi connectivity index (χ0v) is 13.3. The molecule has 20 heavy (non-hydrogen) atoms. The minimum atomic E-state index is -3.53. The highest BCUT2D eigenvalue weighted by atomic mass is 35.5. The van der Waals surface area contributed by atoms with Crippen molar-refractivity contribution in [2.75, 3.05) is 6.54 Å². The molecule has 1 aliphatic rings. The van der Waals surface area contributed by atoms with Gasteiger partial charge in [-0.05, 0) is 32.2 Å². The van der Waals surface area contributed by atoms with E-state index in [4.69, 9.17) is 5.73 Å². The molecule has 1 aromatic rings. The number of nitrogens with zero attached hydrogens (tertiary/aromatic N) is 2. The van der Waals surface area contributed by atoms with Crippen LogP contribution in [0.2, 0.25) is 0 Å². The normalized spacial score (nSPS) is 23.3. The van der Waals surface area contributed by atoms with E-state index in [9.17, 15) is 8.42 Å². The van der Waals surface area contributed by atoms with E-state index in [1.54, 1.807) is 10.8 Å². The average Bonchev–Trinajstić information content (AvgIpc) is 2.88. The summed E-state index contributed by atoms with van der Waals surface area (Å²) in [6.07, 6.45) is 7.12. The van der Waals surface area contributed by atoms with E-state index in [1.807, 2.05) is 6.92 Å². The Bertz CT molecular complexity index is 517. The molecule has 0 radical (unpaired) electrons. The third-order valence-electron chi connectivity index (χ3n) is 3.77. The second-order valence-electron chi connectivity index (χ2n) is 5.05. The van der Waals surface area contributed by atoms with Crippen molar-refractivity contribution in [2.24, 2.45) is 11.7 Å². The molecule has 0 spiro atoms. The summed E-state index contributed by atoms with van der Waals surface area (Å²) in [4.78, 5) is 3.96. The number of hydrogen-bond acceptors (Lipinski definition) is 4. The van der Waals surface area contributed by atoms with Gasteiger partial charge in [-0.2, -0.15) is 0 Å². The number of halogens is 1. The summed E-state index contributed by atoms with van der Waals surface area (Å²) < 4.78 is 29.0. The third-order valence-corrected chi connectivity index (χ3v) is 5.14. The van der Waals surface area contributed by atoms with Crippen molar-refractivity contribution in [1.29, 1.82) is 0 Å². The van der Waals surface area contributed by atoms with Gasteiger partial charge < -0.3 is 10.3 Å². The van der Waals surface area contributed by atoms with Gasteiger partial charge in [0.15, 0.2) is 5.03 Å². The minimum absolute atomic E-state index is 0. The number of imidazole rings is 1. The summed E-state index contributed by atoms with van der Waals surface area (Å²) in [5.74, 6) is 0.233. The van der Waals surface area contributed by atoms with Crippen LogP contribution in [0.4, 0.5) is 0 Å². The highest BCUT2D eigenvalue weighted by Crippen LogP contribution is 2.24. The monoisotopic (exact) mass is 322 g/mol. The van der Waals surface area contributed by atoms with E-state index in [1.165, 1.54) is 6.33 Å². The number of sulfonamides is 1. The van der Waals surface area contributed by atoms with Crippen LogP contribution in [0.5, 0.6) is 0 Å². The molecular formula is C12H23ClN4O2S. The van der Waals surface area contributed by atoms with Gasteiger partial charge in [-0.15, -0.1) is 12.4 Å². The molecule has 0 aromatic carbocycles. The van der Waals surface area contributed by atoms with Crippen LogP contribution in [0.3, 0.4) is 0 Å². The molecule has 1 fully saturated rings. The van der Waals surface area contributed by atoms with Crippen molar-refractivity contribution < 1.29 is 8.42 Å². The number of rotatable bonds is 5. The van der Waals surface area contributed by atoms with Gasteiger partial charge in [0.2, 0.25) is 0 Å². The molecule has 2 rings (SSSR count). The molecule has 2 atom stereocenters. The lowest BCUT2D eigenvalue weighted by atomic mass is 9.85. The van der Waals surface area contributed by atoms with Crippen molar-refractivity contribution in [2.45, 2.75) is 50.2 Å². The fourth-order valence-electron chi connectivity index (χ4n) is 2.56. The maximum absolute atomic E-state index is 12.3. The van der Waals surface area contributed by atoms with Gasteiger partial charge >= 0.3 is 0 Å². The number of nitrogens with one attached hydrogen (secondary N) is 1. The average molecular weight is 323 g/mol. The van der Waals surface area contributed by atoms with E-state index in [0.717, 1.165) is 25.7 Å². The Labute approximate surface area is 126 Å². The molecule has 1 aromatic heterocycles. The maximum atomic E-state index is 12.3. The Morgan fingerprint density at radius 2 is 2.15 bits per heavy atom. The number of nitrogens with two attached hydrogens (primary N) is 1. The Balaban J connectivity index is 0.00000200. The largest absolute Gasteiger partial charge is 0.336 e. The van der Waals surface area contributed by atoms with E-state index < -0.39 is 10.0 Å². The summed E-state index contributed by atoms with van der Waals surface area (Å²) >= 11 is 0. The molecule has 0 amide bonds. The van der Waals surface area contributed by atoms with Gasteiger partial charge in [0, 0.05) is 18.8 Å². The van der Waals surface area contributed by atoms with Gasteiger partial charge in [0.1, 0.15) is 0 Å². The quantitative estimate of drug-likeness (QED) is 0.850. The van der Waals surface area contributed by atoms with Gasteiger partial charge in [0.05, 0.1) is 6.33 Å². The van der Waals surface area contributed by atoms with E-state index >= 15 is 0 Å². The molecule has 116 valence electrons. The summed E-state index contributed by atoms with van der Waals surface area (Å²) in [6, 6.07) is -0.0597. The van der Waals surface area contributed by atoms with Crippen LogP contribution >= 0.6 is 12.4 Å². The second kappa shape index (κ2) is 7.40. The highest BCUT2D eigenvalue weighted by Gasteiger charge is 2.29. The number of aromatic nitrogens is 2. The molecule has 3 N–H and O–H groups in total. The van der Waals surface area contributed by atoms with Crippen LogP contribution in [-0.4, -0.2) is 30.6 Å². The summed E-state index contributed by atoms with van der Waals surface area (Å²) in [6.45, 7) is 3.17. The first-order chi connectivity index (χ1) is 9.06. The smallest absolute Gasteiger partial charge is 0.259 e. The van der Waals surface area contributed by atoms with E-state index in [2.05, 4.69) is 9.71 Å². The first kappa shape index (κ1) is 17.4. The Morgan fingerprint density at radius 1 is 1.45 bits per heavy atom. The predicted octanol–water partition coefficient (Wildman–Crippen LogP) is 1.12. The first-order valence-electron chi connectivity index (χ1n) is 6.81. The van der Waals surface area contributed by atoms with Crippen LogP contribution in [0, 0.1) is 5.92 Å². The third kappa shape index (κ3) is 3.94. The number of hydrogen-bond donors (Lipinski definition) is 2. The topological polar surface area (TPSA) is 90.0 Å².